The van der Waals surface area contributed by atoms with Gasteiger partial charge in [0.25, 0.3) is 0 Å². The molecule has 1 rings (SSSR count). The third-order valence-corrected chi connectivity index (χ3v) is 2.17. The zero-order valence-electron chi connectivity index (χ0n) is 9.04. The van der Waals surface area contributed by atoms with Gasteiger partial charge in [-0.05, 0) is 36.7 Å². The minimum Gasteiger partial charge on any atom is -0.381 e. The third kappa shape index (κ3) is 3.91. The fourth-order valence-electron chi connectivity index (χ4n) is 1.10. The molecule has 0 unspecified atom stereocenters. The van der Waals surface area contributed by atoms with E-state index in [9.17, 15) is 4.79 Å². The van der Waals surface area contributed by atoms with E-state index in [1.54, 1.807) is 6.20 Å². The fourth-order valence-corrected chi connectivity index (χ4v) is 1.41. The van der Waals surface area contributed by atoms with E-state index in [0.717, 1.165) is 0 Å². The summed E-state index contributed by atoms with van der Waals surface area (Å²) in [5, 5.41) is 6.81. The SMILES string of the molecule is CC(C)(C)NC(=O)Cn1cc(Br)c(N)n1. The second kappa shape index (κ2) is 4.22. The summed E-state index contributed by atoms with van der Waals surface area (Å²) in [5.41, 5.74) is 5.30. The van der Waals surface area contributed by atoms with Gasteiger partial charge in [-0.1, -0.05) is 0 Å². The zero-order valence-corrected chi connectivity index (χ0v) is 10.6. The molecule has 5 nitrogen and oxygen atoms in total. The van der Waals surface area contributed by atoms with Crippen LogP contribution in [0.4, 0.5) is 5.82 Å². The average molecular weight is 275 g/mol. The quantitative estimate of drug-likeness (QED) is 0.850. The lowest BCUT2D eigenvalue weighted by Crippen LogP contribution is -2.42. The summed E-state index contributed by atoms with van der Waals surface area (Å²) in [4.78, 5) is 11.5. The van der Waals surface area contributed by atoms with Crippen LogP contribution in [-0.4, -0.2) is 21.2 Å². The smallest absolute Gasteiger partial charge is 0.242 e. The van der Waals surface area contributed by atoms with Crippen LogP contribution in [0.15, 0.2) is 10.7 Å². The first-order valence-corrected chi connectivity index (χ1v) is 5.37. The van der Waals surface area contributed by atoms with Gasteiger partial charge in [0, 0.05) is 11.7 Å². The van der Waals surface area contributed by atoms with Gasteiger partial charge in [-0.3, -0.25) is 9.48 Å². The number of amides is 1. The Balaban J connectivity index is 2.59. The van der Waals surface area contributed by atoms with Crippen LogP contribution in [0.2, 0.25) is 0 Å². The molecule has 0 bridgehead atoms. The van der Waals surface area contributed by atoms with Crippen LogP contribution >= 0.6 is 15.9 Å². The Labute approximate surface area is 97.1 Å². The predicted molar refractivity (Wildman–Crippen MR) is 62.2 cm³/mol. The average Bonchev–Trinajstić information content (AvgIpc) is 2.26. The highest BCUT2D eigenvalue weighted by molar-refractivity contribution is 9.10. The maximum Gasteiger partial charge on any atom is 0.242 e. The van der Waals surface area contributed by atoms with Crippen molar-refractivity contribution in [2.75, 3.05) is 5.73 Å². The number of carbonyl (C=O) groups is 1. The summed E-state index contributed by atoms with van der Waals surface area (Å²) in [6.07, 6.45) is 1.68. The molecule has 0 aromatic carbocycles. The van der Waals surface area contributed by atoms with Crippen molar-refractivity contribution in [2.24, 2.45) is 0 Å². The minimum atomic E-state index is -0.229. The molecule has 0 aliphatic rings. The molecular weight excluding hydrogens is 260 g/mol. The molecule has 15 heavy (non-hydrogen) atoms. The van der Waals surface area contributed by atoms with Gasteiger partial charge in [-0.2, -0.15) is 5.10 Å². The van der Waals surface area contributed by atoms with Crippen LogP contribution in [0.3, 0.4) is 0 Å². The van der Waals surface area contributed by atoms with E-state index in [4.69, 9.17) is 5.73 Å². The summed E-state index contributed by atoms with van der Waals surface area (Å²) in [7, 11) is 0. The van der Waals surface area contributed by atoms with Crippen LogP contribution in [0.1, 0.15) is 20.8 Å². The molecule has 1 heterocycles. The minimum absolute atomic E-state index is 0.0856. The predicted octanol–water partition coefficient (Wildman–Crippen LogP) is 1.14. The number of aromatic nitrogens is 2. The molecule has 0 saturated carbocycles. The van der Waals surface area contributed by atoms with Gasteiger partial charge in [-0.25, -0.2) is 0 Å². The summed E-state index contributed by atoms with van der Waals surface area (Å²) in [5.74, 6) is 0.302. The molecule has 0 aliphatic heterocycles. The molecule has 1 aromatic rings. The summed E-state index contributed by atoms with van der Waals surface area (Å²) >= 11 is 3.23. The van der Waals surface area contributed by atoms with Gasteiger partial charge in [0.15, 0.2) is 5.82 Å². The Hall–Kier alpha value is -1.04. The van der Waals surface area contributed by atoms with Crippen molar-refractivity contribution in [1.82, 2.24) is 15.1 Å². The monoisotopic (exact) mass is 274 g/mol. The van der Waals surface area contributed by atoms with Crippen molar-refractivity contribution in [2.45, 2.75) is 32.9 Å². The molecule has 0 saturated heterocycles. The fraction of sp³-hybridized carbons (Fsp3) is 0.556. The van der Waals surface area contributed by atoms with Crippen LogP contribution in [0, 0.1) is 0 Å². The highest BCUT2D eigenvalue weighted by atomic mass is 79.9. The number of hydrogen-bond acceptors (Lipinski definition) is 3. The van der Waals surface area contributed by atoms with Crippen molar-refractivity contribution in [3.05, 3.63) is 10.7 Å². The highest BCUT2D eigenvalue weighted by Crippen LogP contribution is 2.15. The third-order valence-electron chi connectivity index (χ3n) is 1.56. The van der Waals surface area contributed by atoms with Crippen molar-refractivity contribution in [1.29, 1.82) is 0 Å². The number of halogens is 1. The van der Waals surface area contributed by atoms with Crippen molar-refractivity contribution >= 4 is 27.7 Å². The lowest BCUT2D eigenvalue weighted by molar-refractivity contribution is -0.123. The van der Waals surface area contributed by atoms with Crippen molar-refractivity contribution in [3.8, 4) is 0 Å². The van der Waals surface area contributed by atoms with Crippen LogP contribution in [-0.2, 0) is 11.3 Å². The highest BCUT2D eigenvalue weighted by Gasteiger charge is 2.14. The van der Waals surface area contributed by atoms with Crippen molar-refractivity contribution in [3.63, 3.8) is 0 Å². The summed E-state index contributed by atoms with van der Waals surface area (Å²) < 4.78 is 2.20. The van der Waals surface area contributed by atoms with E-state index in [2.05, 4.69) is 26.3 Å². The first kappa shape index (κ1) is 12.0. The Morgan fingerprint density at radius 1 is 1.67 bits per heavy atom. The van der Waals surface area contributed by atoms with Gasteiger partial charge in [0.2, 0.25) is 5.91 Å². The Bertz CT molecular complexity index is 347. The lowest BCUT2D eigenvalue weighted by atomic mass is 10.1. The Morgan fingerprint density at radius 3 is 2.67 bits per heavy atom. The molecule has 84 valence electrons. The normalized spacial score (nSPS) is 11.5. The van der Waals surface area contributed by atoms with E-state index >= 15 is 0 Å². The van der Waals surface area contributed by atoms with Gasteiger partial charge >= 0.3 is 0 Å². The number of nitrogens with two attached hydrogens (primary N) is 1. The Morgan fingerprint density at radius 2 is 2.27 bits per heavy atom. The zero-order chi connectivity index (χ0) is 11.6. The van der Waals surface area contributed by atoms with Crippen molar-refractivity contribution < 1.29 is 4.79 Å². The second-order valence-corrected chi connectivity index (χ2v) is 5.21. The molecular formula is C9H15BrN4O. The maximum atomic E-state index is 11.5. The molecule has 0 radical (unpaired) electrons. The number of nitrogen functional groups attached to an aromatic ring is 1. The molecule has 0 spiro atoms. The number of rotatable bonds is 2. The molecule has 6 heteroatoms. The number of nitrogens with zero attached hydrogens (tertiary/aromatic N) is 2. The van der Waals surface area contributed by atoms with Crippen LogP contribution < -0.4 is 11.1 Å². The van der Waals surface area contributed by atoms with E-state index in [1.165, 1.54) is 4.68 Å². The standard InChI is InChI=1S/C9H15BrN4O/c1-9(2,3)12-7(15)5-14-4-6(10)8(11)13-14/h4H,5H2,1-3H3,(H2,11,13)(H,12,15). The Kier molecular flexibility index (Phi) is 3.38. The molecule has 1 aromatic heterocycles. The number of nitrogens with one attached hydrogen (secondary N) is 1. The second-order valence-electron chi connectivity index (χ2n) is 4.36. The number of carbonyl (C=O) groups excluding carboxylic acids is 1. The van der Waals surface area contributed by atoms with Gasteiger partial charge in [-0.15, -0.1) is 0 Å². The van der Waals surface area contributed by atoms with Crippen LogP contribution in [0.5, 0.6) is 0 Å². The van der Waals surface area contributed by atoms with E-state index in [0.29, 0.717) is 10.3 Å². The topological polar surface area (TPSA) is 72.9 Å². The number of hydrogen-bond donors (Lipinski definition) is 2. The molecule has 0 fully saturated rings. The molecule has 3 N–H and O–H groups in total. The lowest BCUT2D eigenvalue weighted by Gasteiger charge is -2.20. The summed E-state index contributed by atoms with van der Waals surface area (Å²) in [6.45, 7) is 5.96. The molecule has 0 atom stereocenters. The van der Waals surface area contributed by atoms with Gasteiger partial charge in [0.1, 0.15) is 6.54 Å². The van der Waals surface area contributed by atoms with E-state index in [1.807, 2.05) is 20.8 Å². The van der Waals surface area contributed by atoms with Crippen LogP contribution in [0.25, 0.3) is 0 Å². The van der Waals surface area contributed by atoms with Gasteiger partial charge in [0.05, 0.1) is 4.47 Å². The first-order valence-electron chi connectivity index (χ1n) is 4.57. The van der Waals surface area contributed by atoms with Gasteiger partial charge < -0.3 is 11.1 Å². The molecule has 0 aliphatic carbocycles. The van der Waals surface area contributed by atoms with E-state index < -0.39 is 0 Å². The molecule has 1 amide bonds. The summed E-state index contributed by atoms with van der Waals surface area (Å²) in [6, 6.07) is 0. The largest absolute Gasteiger partial charge is 0.381 e. The number of anilines is 1. The first-order chi connectivity index (χ1) is 6.78. The van der Waals surface area contributed by atoms with E-state index in [-0.39, 0.29) is 18.0 Å². The maximum absolute atomic E-state index is 11.5.